The summed E-state index contributed by atoms with van der Waals surface area (Å²) in [5.74, 6) is 2.09. The largest absolute Gasteiger partial charge is 0.325 e. The molecule has 3 N–H and O–H groups in total. The van der Waals surface area contributed by atoms with E-state index in [0.717, 1.165) is 24.5 Å². The second kappa shape index (κ2) is 11.8. The van der Waals surface area contributed by atoms with Crippen LogP contribution < -0.4 is 16.0 Å². The molecule has 5 rings (SSSR count). The molecule has 1 saturated heterocycles. The van der Waals surface area contributed by atoms with Crippen LogP contribution in [-0.4, -0.2) is 73.0 Å². The topological polar surface area (TPSA) is 124 Å². The number of aromatic nitrogens is 5. The van der Waals surface area contributed by atoms with Crippen LogP contribution in [0.4, 0.5) is 33.8 Å². The van der Waals surface area contributed by atoms with E-state index in [1.165, 1.54) is 0 Å². The van der Waals surface area contributed by atoms with Crippen LogP contribution in [0.3, 0.4) is 0 Å². The maximum atomic E-state index is 12.8. The molecule has 0 atom stereocenters. The summed E-state index contributed by atoms with van der Waals surface area (Å²) in [5, 5.41) is 9.42. The number of benzene rings is 1. The molecule has 3 aromatic heterocycles. The molecular weight excluding hydrogens is 492 g/mol. The van der Waals surface area contributed by atoms with Crippen molar-refractivity contribution < 1.29 is 4.79 Å². The zero-order valence-corrected chi connectivity index (χ0v) is 22.3. The Labute approximate surface area is 227 Å². The normalized spacial score (nSPS) is 13.8. The van der Waals surface area contributed by atoms with Gasteiger partial charge in [0.2, 0.25) is 5.95 Å². The van der Waals surface area contributed by atoms with Crippen molar-refractivity contribution >= 4 is 35.0 Å². The molecule has 4 aromatic rings. The van der Waals surface area contributed by atoms with Gasteiger partial charge in [0.15, 0.2) is 5.82 Å². The summed E-state index contributed by atoms with van der Waals surface area (Å²) in [6.07, 6.45) is 3.34. The molecule has 1 fully saturated rings. The maximum absolute atomic E-state index is 12.8. The van der Waals surface area contributed by atoms with E-state index >= 15 is 0 Å². The molecule has 1 aliphatic heterocycles. The first-order valence-electron chi connectivity index (χ1n) is 13.0. The minimum absolute atomic E-state index is 0.0944. The molecule has 0 saturated carbocycles. The molecule has 2 amide bonds. The second-order valence-electron chi connectivity index (χ2n) is 9.57. The van der Waals surface area contributed by atoms with Gasteiger partial charge in [-0.05, 0) is 63.2 Å². The van der Waals surface area contributed by atoms with Gasteiger partial charge in [0, 0.05) is 61.7 Å². The number of urea groups is 1. The molecule has 1 aromatic carbocycles. The van der Waals surface area contributed by atoms with Crippen molar-refractivity contribution in [1.29, 1.82) is 0 Å². The standard InChI is InChI=1S/C28H32N10O/c1-19(2)37-14-16-38(17-15-37)28(39)33-22-8-5-7-21(18-22)32-27-30-13-11-25(36-27)34-24-10-12-29-26(35-24)23-9-4-6-20(3)31-23/h4-13,18-19H,14-17H2,1-3H3,(H,33,39)(H2,29,30,32,34,35,36). The van der Waals surface area contributed by atoms with Gasteiger partial charge in [0.25, 0.3) is 0 Å². The van der Waals surface area contributed by atoms with E-state index in [1.807, 2.05) is 54.3 Å². The maximum Gasteiger partial charge on any atom is 0.321 e. The number of rotatable bonds is 7. The fraction of sp³-hybridized carbons (Fsp3) is 0.286. The fourth-order valence-electron chi connectivity index (χ4n) is 4.29. The number of hydrogen-bond acceptors (Lipinski definition) is 9. The van der Waals surface area contributed by atoms with E-state index in [1.54, 1.807) is 24.5 Å². The summed E-state index contributed by atoms with van der Waals surface area (Å²) in [7, 11) is 0. The van der Waals surface area contributed by atoms with Crippen molar-refractivity contribution in [3.8, 4) is 11.5 Å². The smallest absolute Gasteiger partial charge is 0.321 e. The highest BCUT2D eigenvalue weighted by atomic mass is 16.2. The minimum Gasteiger partial charge on any atom is -0.325 e. The minimum atomic E-state index is -0.0944. The molecule has 0 aliphatic carbocycles. The Bertz CT molecular complexity index is 1440. The molecule has 11 heteroatoms. The van der Waals surface area contributed by atoms with Crippen LogP contribution in [0.25, 0.3) is 11.5 Å². The lowest BCUT2D eigenvalue weighted by Crippen LogP contribution is -2.51. The van der Waals surface area contributed by atoms with Gasteiger partial charge in [0.05, 0.1) is 0 Å². The summed E-state index contributed by atoms with van der Waals surface area (Å²) < 4.78 is 0. The highest BCUT2D eigenvalue weighted by molar-refractivity contribution is 5.90. The Kier molecular flexibility index (Phi) is 7.88. The third-order valence-electron chi connectivity index (χ3n) is 6.39. The Balaban J connectivity index is 1.22. The van der Waals surface area contributed by atoms with Crippen LogP contribution in [0.1, 0.15) is 19.5 Å². The highest BCUT2D eigenvalue weighted by Gasteiger charge is 2.22. The Morgan fingerprint density at radius 1 is 0.821 bits per heavy atom. The first-order valence-corrected chi connectivity index (χ1v) is 13.0. The van der Waals surface area contributed by atoms with Crippen LogP contribution in [-0.2, 0) is 0 Å². The second-order valence-corrected chi connectivity index (χ2v) is 9.57. The molecular formula is C28H32N10O. The van der Waals surface area contributed by atoms with E-state index < -0.39 is 0 Å². The summed E-state index contributed by atoms with van der Waals surface area (Å²) in [6, 6.07) is 17.1. The number of hydrogen-bond donors (Lipinski definition) is 3. The third kappa shape index (κ3) is 6.82. The van der Waals surface area contributed by atoms with Crippen molar-refractivity contribution in [1.82, 2.24) is 34.7 Å². The number of anilines is 5. The van der Waals surface area contributed by atoms with Gasteiger partial charge in [0.1, 0.15) is 17.3 Å². The van der Waals surface area contributed by atoms with E-state index in [4.69, 9.17) is 0 Å². The van der Waals surface area contributed by atoms with Crippen LogP contribution in [0.2, 0.25) is 0 Å². The summed E-state index contributed by atoms with van der Waals surface area (Å²) >= 11 is 0. The van der Waals surface area contributed by atoms with Crippen LogP contribution in [0.5, 0.6) is 0 Å². The number of piperazine rings is 1. The van der Waals surface area contributed by atoms with E-state index in [9.17, 15) is 4.79 Å². The summed E-state index contributed by atoms with van der Waals surface area (Å²) in [4.78, 5) is 39.3. The Morgan fingerprint density at radius 2 is 1.54 bits per heavy atom. The molecule has 39 heavy (non-hydrogen) atoms. The SMILES string of the molecule is Cc1cccc(-c2nccc(Nc3ccnc(Nc4cccc(NC(=O)N5CCN(C(C)C)CC5)c4)n3)n2)n1. The van der Waals surface area contributed by atoms with E-state index in [-0.39, 0.29) is 6.03 Å². The average Bonchev–Trinajstić information content (AvgIpc) is 2.94. The molecule has 200 valence electrons. The quantitative estimate of drug-likeness (QED) is 0.316. The number of pyridine rings is 1. The Hall–Kier alpha value is -4.64. The monoisotopic (exact) mass is 524 g/mol. The Morgan fingerprint density at radius 3 is 2.31 bits per heavy atom. The first-order chi connectivity index (χ1) is 18.9. The predicted molar refractivity (Wildman–Crippen MR) is 152 cm³/mol. The fourth-order valence-corrected chi connectivity index (χ4v) is 4.29. The van der Waals surface area contributed by atoms with Crippen molar-refractivity contribution in [2.24, 2.45) is 0 Å². The van der Waals surface area contributed by atoms with Crippen LogP contribution >= 0.6 is 0 Å². The van der Waals surface area contributed by atoms with Crippen molar-refractivity contribution in [2.75, 3.05) is 42.1 Å². The van der Waals surface area contributed by atoms with Gasteiger partial charge < -0.3 is 20.9 Å². The van der Waals surface area contributed by atoms with Crippen LogP contribution in [0, 0.1) is 6.92 Å². The molecule has 4 heterocycles. The number of carbonyl (C=O) groups excluding carboxylic acids is 1. The summed E-state index contributed by atoms with van der Waals surface area (Å²) in [6.45, 7) is 9.48. The number of aryl methyl sites for hydroxylation is 1. The zero-order valence-electron chi connectivity index (χ0n) is 22.3. The van der Waals surface area contributed by atoms with Gasteiger partial charge in [-0.25, -0.2) is 24.7 Å². The molecule has 0 bridgehead atoms. The van der Waals surface area contributed by atoms with Gasteiger partial charge >= 0.3 is 6.03 Å². The lowest BCUT2D eigenvalue weighted by Gasteiger charge is -2.36. The number of carbonyl (C=O) groups is 1. The first kappa shape index (κ1) is 26.0. The van der Waals surface area contributed by atoms with Crippen molar-refractivity contribution in [3.63, 3.8) is 0 Å². The van der Waals surface area contributed by atoms with Crippen molar-refractivity contribution in [3.05, 3.63) is 72.7 Å². The van der Waals surface area contributed by atoms with Crippen LogP contribution in [0.15, 0.2) is 67.0 Å². The molecule has 0 radical (unpaired) electrons. The lowest BCUT2D eigenvalue weighted by atomic mass is 10.2. The molecule has 11 nitrogen and oxygen atoms in total. The van der Waals surface area contributed by atoms with E-state index in [0.29, 0.717) is 53.9 Å². The highest BCUT2D eigenvalue weighted by Crippen LogP contribution is 2.21. The van der Waals surface area contributed by atoms with Gasteiger partial charge in [-0.2, -0.15) is 4.98 Å². The summed E-state index contributed by atoms with van der Waals surface area (Å²) in [5.41, 5.74) is 3.05. The van der Waals surface area contributed by atoms with E-state index in [2.05, 4.69) is 59.6 Å². The van der Waals surface area contributed by atoms with Gasteiger partial charge in [-0.15, -0.1) is 0 Å². The predicted octanol–water partition coefficient (Wildman–Crippen LogP) is 4.68. The molecule has 1 aliphatic rings. The number of amides is 2. The van der Waals surface area contributed by atoms with Gasteiger partial charge in [-0.1, -0.05) is 12.1 Å². The zero-order chi connectivity index (χ0) is 27.2. The third-order valence-corrected chi connectivity index (χ3v) is 6.39. The lowest BCUT2D eigenvalue weighted by molar-refractivity contribution is 0.125. The number of nitrogens with one attached hydrogen (secondary N) is 3. The van der Waals surface area contributed by atoms with Gasteiger partial charge in [-0.3, -0.25) is 4.90 Å². The average molecular weight is 525 g/mol. The number of nitrogens with zero attached hydrogens (tertiary/aromatic N) is 7. The van der Waals surface area contributed by atoms with Crippen molar-refractivity contribution in [2.45, 2.75) is 26.8 Å². The molecule has 0 unspecified atom stereocenters. The molecule has 0 spiro atoms.